The minimum absolute atomic E-state index is 0.0591. The van der Waals surface area contributed by atoms with E-state index in [2.05, 4.69) is 32.5 Å². The van der Waals surface area contributed by atoms with Crippen molar-refractivity contribution in [3.05, 3.63) is 70.8 Å². The molecule has 1 N–H and O–H groups in total. The van der Waals surface area contributed by atoms with Gasteiger partial charge in [0.15, 0.2) is 10.8 Å². The minimum atomic E-state index is -1.05. The number of unbranched alkanes of at least 4 members (excludes halogenated alkanes) is 1. The zero-order valence-electron chi connectivity index (χ0n) is 22.2. The molecule has 0 fully saturated rings. The van der Waals surface area contributed by atoms with E-state index >= 15 is 0 Å². The minimum Gasteiger partial charge on any atom is -0.425 e. The maximum atomic E-state index is 13.1. The first kappa shape index (κ1) is 28.0. The van der Waals surface area contributed by atoms with Crippen LogP contribution < -0.4 is 0 Å². The van der Waals surface area contributed by atoms with E-state index in [1.807, 2.05) is 55.5 Å². The SMILES string of the molecule is CCCCc1nc(Cl)c(C(=O)OC(C)OC(=O)CCC)n1Cc1ccc(-c2ccccc2-c2nn[nH]n2)cc1. The van der Waals surface area contributed by atoms with Gasteiger partial charge >= 0.3 is 11.9 Å². The number of ether oxygens (including phenoxy) is 2. The Kier molecular flexibility index (Phi) is 9.43. The molecule has 1 unspecified atom stereocenters. The molecule has 0 radical (unpaired) electrons. The lowest BCUT2D eigenvalue weighted by atomic mass is 9.98. The van der Waals surface area contributed by atoms with Gasteiger partial charge in [0.1, 0.15) is 5.82 Å². The first-order chi connectivity index (χ1) is 18.9. The van der Waals surface area contributed by atoms with Gasteiger partial charge in [-0.25, -0.2) is 9.78 Å². The Morgan fingerprint density at radius 3 is 2.44 bits per heavy atom. The fourth-order valence-electron chi connectivity index (χ4n) is 4.21. The van der Waals surface area contributed by atoms with Crippen LogP contribution in [0.1, 0.15) is 68.3 Å². The molecule has 2 heterocycles. The van der Waals surface area contributed by atoms with E-state index in [0.29, 0.717) is 31.0 Å². The molecule has 10 nitrogen and oxygen atoms in total. The summed E-state index contributed by atoms with van der Waals surface area (Å²) >= 11 is 6.44. The van der Waals surface area contributed by atoms with Gasteiger partial charge in [0.25, 0.3) is 0 Å². The number of aromatic amines is 1. The van der Waals surface area contributed by atoms with Gasteiger partial charge < -0.3 is 14.0 Å². The normalized spacial score (nSPS) is 11.8. The quantitative estimate of drug-likeness (QED) is 0.178. The van der Waals surface area contributed by atoms with Gasteiger partial charge in [-0.1, -0.05) is 80.4 Å². The predicted octanol–water partition coefficient (Wildman–Crippen LogP) is 5.62. The van der Waals surface area contributed by atoms with Crippen molar-refractivity contribution in [1.29, 1.82) is 0 Å². The van der Waals surface area contributed by atoms with Crippen molar-refractivity contribution < 1.29 is 19.1 Å². The van der Waals surface area contributed by atoms with Crippen LogP contribution in [0.2, 0.25) is 5.15 Å². The van der Waals surface area contributed by atoms with Crippen molar-refractivity contribution in [2.45, 2.75) is 65.7 Å². The third kappa shape index (κ3) is 6.88. The predicted molar refractivity (Wildman–Crippen MR) is 146 cm³/mol. The van der Waals surface area contributed by atoms with E-state index in [9.17, 15) is 9.59 Å². The fraction of sp³-hybridized carbons (Fsp3) is 0.357. The number of imidazole rings is 1. The van der Waals surface area contributed by atoms with Crippen molar-refractivity contribution in [3.8, 4) is 22.5 Å². The number of aryl methyl sites for hydroxylation is 1. The van der Waals surface area contributed by atoms with Crippen LogP contribution >= 0.6 is 11.6 Å². The molecule has 0 aliphatic carbocycles. The van der Waals surface area contributed by atoms with Crippen molar-refractivity contribution in [1.82, 2.24) is 30.2 Å². The Hall–Kier alpha value is -4.05. The molecular weight excluding hydrogens is 520 g/mol. The number of hydrogen-bond acceptors (Lipinski definition) is 8. The summed E-state index contributed by atoms with van der Waals surface area (Å²) in [6, 6.07) is 15.8. The zero-order valence-corrected chi connectivity index (χ0v) is 22.9. The molecule has 11 heteroatoms. The van der Waals surface area contributed by atoms with Gasteiger partial charge in [0, 0.05) is 31.9 Å². The molecule has 2 aromatic carbocycles. The largest absolute Gasteiger partial charge is 0.425 e. The summed E-state index contributed by atoms with van der Waals surface area (Å²) in [6.45, 7) is 5.82. The maximum Gasteiger partial charge on any atom is 0.361 e. The Morgan fingerprint density at radius 1 is 1.03 bits per heavy atom. The van der Waals surface area contributed by atoms with Crippen molar-refractivity contribution in [2.75, 3.05) is 0 Å². The van der Waals surface area contributed by atoms with Crippen LogP contribution in [-0.2, 0) is 27.2 Å². The number of H-pyrrole nitrogens is 1. The molecule has 0 saturated heterocycles. The van der Waals surface area contributed by atoms with E-state index in [1.54, 1.807) is 4.57 Å². The molecule has 0 amide bonds. The first-order valence-corrected chi connectivity index (χ1v) is 13.4. The second-order valence-electron chi connectivity index (χ2n) is 9.05. The Bertz CT molecular complexity index is 1400. The highest BCUT2D eigenvalue weighted by Crippen LogP contribution is 2.30. The fourth-order valence-corrected chi connectivity index (χ4v) is 4.49. The van der Waals surface area contributed by atoms with Gasteiger partial charge in [0.2, 0.25) is 12.1 Å². The molecule has 1 atom stereocenters. The Balaban J connectivity index is 1.59. The summed E-state index contributed by atoms with van der Waals surface area (Å²) in [7, 11) is 0. The number of nitrogens with zero attached hydrogens (tertiary/aromatic N) is 5. The molecule has 0 saturated carbocycles. The summed E-state index contributed by atoms with van der Waals surface area (Å²) in [5.41, 5.74) is 3.89. The van der Waals surface area contributed by atoms with Gasteiger partial charge in [0.05, 0.1) is 0 Å². The highest BCUT2D eigenvalue weighted by atomic mass is 35.5. The number of tetrazole rings is 1. The van der Waals surface area contributed by atoms with Crippen LogP contribution in [0, 0.1) is 0 Å². The average Bonchev–Trinajstić information content (AvgIpc) is 3.56. The van der Waals surface area contributed by atoms with E-state index < -0.39 is 18.2 Å². The van der Waals surface area contributed by atoms with Crippen LogP contribution in [-0.4, -0.2) is 48.4 Å². The number of hydrogen-bond donors (Lipinski definition) is 1. The number of esters is 2. The number of carbonyl (C=O) groups is 2. The summed E-state index contributed by atoms with van der Waals surface area (Å²) in [4.78, 5) is 29.4. The number of rotatable bonds is 12. The second kappa shape index (κ2) is 13.1. The van der Waals surface area contributed by atoms with Gasteiger partial charge in [-0.05, 0) is 34.7 Å². The molecule has 4 aromatic rings. The van der Waals surface area contributed by atoms with Crippen molar-refractivity contribution in [2.24, 2.45) is 0 Å². The summed E-state index contributed by atoms with van der Waals surface area (Å²) in [5.74, 6) is 0.0803. The van der Waals surface area contributed by atoms with Crippen LogP contribution in [0.3, 0.4) is 0 Å². The lowest BCUT2D eigenvalue weighted by Gasteiger charge is -2.16. The molecule has 0 aliphatic rings. The molecule has 0 aliphatic heterocycles. The van der Waals surface area contributed by atoms with Gasteiger partial charge in [-0.15, -0.1) is 10.2 Å². The Morgan fingerprint density at radius 2 is 1.77 bits per heavy atom. The van der Waals surface area contributed by atoms with E-state index in [-0.39, 0.29) is 17.3 Å². The van der Waals surface area contributed by atoms with Crippen molar-refractivity contribution in [3.63, 3.8) is 0 Å². The molecular formula is C28H31ClN6O4. The first-order valence-electron chi connectivity index (χ1n) is 13.0. The molecule has 4 rings (SSSR count). The highest BCUT2D eigenvalue weighted by molar-refractivity contribution is 6.32. The van der Waals surface area contributed by atoms with E-state index in [4.69, 9.17) is 21.1 Å². The lowest BCUT2D eigenvalue weighted by molar-refractivity contribution is -0.165. The molecule has 204 valence electrons. The van der Waals surface area contributed by atoms with E-state index in [0.717, 1.165) is 35.1 Å². The second-order valence-corrected chi connectivity index (χ2v) is 9.41. The topological polar surface area (TPSA) is 125 Å². The van der Waals surface area contributed by atoms with Crippen LogP contribution in [0.15, 0.2) is 48.5 Å². The third-order valence-corrected chi connectivity index (χ3v) is 6.36. The van der Waals surface area contributed by atoms with Crippen molar-refractivity contribution >= 4 is 23.5 Å². The summed E-state index contributed by atoms with van der Waals surface area (Å²) < 4.78 is 12.4. The van der Waals surface area contributed by atoms with Crippen LogP contribution in [0.25, 0.3) is 22.5 Å². The average molecular weight is 551 g/mol. The summed E-state index contributed by atoms with van der Waals surface area (Å²) in [5, 5.41) is 14.4. The number of nitrogens with one attached hydrogen (secondary N) is 1. The van der Waals surface area contributed by atoms with E-state index in [1.165, 1.54) is 6.92 Å². The molecule has 0 bridgehead atoms. The zero-order chi connectivity index (χ0) is 27.8. The standard InChI is InChI=1S/C28H31ClN6O4/c1-4-6-12-23-30-26(29)25(28(37)39-18(3)38-24(36)9-5-2)35(23)17-19-13-15-20(16-14-19)21-10-7-8-11-22(21)27-31-33-34-32-27/h7-8,10-11,13-16,18H,4-6,9,12,17H2,1-3H3,(H,31,32,33,34). The highest BCUT2D eigenvalue weighted by Gasteiger charge is 2.26. The maximum absolute atomic E-state index is 13.1. The Labute approximate surface area is 231 Å². The number of carbonyl (C=O) groups excluding carboxylic acids is 2. The monoisotopic (exact) mass is 550 g/mol. The van der Waals surface area contributed by atoms with Crippen LogP contribution in [0.5, 0.6) is 0 Å². The third-order valence-electron chi connectivity index (χ3n) is 6.09. The van der Waals surface area contributed by atoms with Gasteiger partial charge in [-0.3, -0.25) is 4.79 Å². The molecule has 2 aromatic heterocycles. The smallest absolute Gasteiger partial charge is 0.361 e. The summed E-state index contributed by atoms with van der Waals surface area (Å²) in [6.07, 6.45) is 2.34. The number of halogens is 1. The molecule has 39 heavy (non-hydrogen) atoms. The number of aromatic nitrogens is 6. The van der Waals surface area contributed by atoms with Crippen LogP contribution in [0.4, 0.5) is 0 Å². The van der Waals surface area contributed by atoms with Gasteiger partial charge in [-0.2, -0.15) is 5.21 Å². The molecule has 0 spiro atoms. The number of benzene rings is 2. The lowest BCUT2D eigenvalue weighted by Crippen LogP contribution is -2.24.